The van der Waals surface area contributed by atoms with Crippen molar-refractivity contribution in [2.45, 2.75) is 6.92 Å². The Morgan fingerprint density at radius 1 is 1.04 bits per heavy atom. The van der Waals surface area contributed by atoms with Gasteiger partial charge in [0.05, 0.1) is 11.2 Å². The van der Waals surface area contributed by atoms with Gasteiger partial charge < -0.3 is 9.80 Å². The SMILES string of the molecule is Cc1ncsc1C(=O)N1CCN(S(=O)(=O)N2CCN(C)CC2)CC1. The summed E-state index contributed by atoms with van der Waals surface area (Å²) in [5, 5.41) is 0. The number of amides is 1. The molecule has 1 amide bonds. The number of hydrogen-bond acceptors (Lipinski definition) is 6. The van der Waals surface area contributed by atoms with Crippen molar-refractivity contribution in [3.05, 3.63) is 16.1 Å². The number of carbonyl (C=O) groups excluding carboxylic acids is 1. The van der Waals surface area contributed by atoms with Crippen LogP contribution in [0.15, 0.2) is 5.51 Å². The van der Waals surface area contributed by atoms with Crippen molar-refractivity contribution >= 4 is 27.5 Å². The van der Waals surface area contributed by atoms with Gasteiger partial charge in [-0.05, 0) is 14.0 Å². The quantitative estimate of drug-likeness (QED) is 0.727. The van der Waals surface area contributed by atoms with Crippen molar-refractivity contribution in [3.8, 4) is 0 Å². The summed E-state index contributed by atoms with van der Waals surface area (Å²) in [6.07, 6.45) is 0. The van der Waals surface area contributed by atoms with Crippen molar-refractivity contribution < 1.29 is 13.2 Å². The fraction of sp³-hybridized carbons (Fsp3) is 0.714. The highest BCUT2D eigenvalue weighted by Gasteiger charge is 2.35. The molecule has 2 aliphatic heterocycles. The van der Waals surface area contributed by atoms with Gasteiger partial charge in [0, 0.05) is 52.4 Å². The summed E-state index contributed by atoms with van der Waals surface area (Å²) in [6.45, 7) is 5.90. The molecule has 2 fully saturated rings. The molecule has 0 radical (unpaired) electrons. The Hall–Kier alpha value is -1.07. The number of nitrogens with zero attached hydrogens (tertiary/aromatic N) is 5. The second-order valence-corrected chi connectivity index (χ2v) is 8.95. The van der Waals surface area contributed by atoms with Crippen LogP contribution in [0.25, 0.3) is 0 Å². The first-order chi connectivity index (χ1) is 11.4. The number of hydrogen-bond donors (Lipinski definition) is 0. The summed E-state index contributed by atoms with van der Waals surface area (Å²) in [6, 6.07) is 0. The topological polar surface area (TPSA) is 77.1 Å². The second-order valence-electron chi connectivity index (χ2n) is 6.17. The Bertz CT molecular complexity index is 689. The average molecular weight is 374 g/mol. The minimum Gasteiger partial charge on any atom is -0.335 e. The van der Waals surface area contributed by atoms with Crippen LogP contribution >= 0.6 is 11.3 Å². The summed E-state index contributed by atoms with van der Waals surface area (Å²) in [7, 11) is -1.43. The number of aromatic nitrogens is 1. The molecule has 3 rings (SSSR count). The highest BCUT2D eigenvalue weighted by molar-refractivity contribution is 7.86. The number of aryl methyl sites for hydroxylation is 1. The molecule has 2 saturated heterocycles. The molecule has 0 saturated carbocycles. The van der Waals surface area contributed by atoms with Crippen LogP contribution in [0, 0.1) is 6.92 Å². The first-order valence-corrected chi connectivity index (χ1v) is 10.3. The maximum absolute atomic E-state index is 12.7. The number of likely N-dealkylation sites (N-methyl/N-ethyl adjacent to an activating group) is 1. The van der Waals surface area contributed by atoms with Gasteiger partial charge in [0.1, 0.15) is 4.88 Å². The lowest BCUT2D eigenvalue weighted by atomic mass is 10.3. The molecule has 8 nitrogen and oxygen atoms in total. The molecule has 0 bridgehead atoms. The molecule has 0 aromatic carbocycles. The summed E-state index contributed by atoms with van der Waals surface area (Å²) >= 11 is 1.33. The molecule has 0 atom stereocenters. The van der Waals surface area contributed by atoms with Gasteiger partial charge >= 0.3 is 0 Å². The Labute approximate surface area is 146 Å². The Morgan fingerprint density at radius 3 is 2.08 bits per heavy atom. The summed E-state index contributed by atoms with van der Waals surface area (Å²) in [5.74, 6) is -0.0494. The summed E-state index contributed by atoms with van der Waals surface area (Å²) in [4.78, 5) is 21.1. The molecule has 1 aromatic heterocycles. The molecule has 0 unspecified atom stereocenters. The van der Waals surface area contributed by atoms with Gasteiger partial charge in [-0.15, -0.1) is 11.3 Å². The Kier molecular flexibility index (Phi) is 5.21. The smallest absolute Gasteiger partial charge is 0.282 e. The molecular weight excluding hydrogens is 350 g/mol. The van der Waals surface area contributed by atoms with Gasteiger partial charge in [-0.1, -0.05) is 0 Å². The molecule has 24 heavy (non-hydrogen) atoms. The van der Waals surface area contributed by atoms with E-state index in [2.05, 4.69) is 9.88 Å². The lowest BCUT2D eigenvalue weighted by Gasteiger charge is -2.39. The van der Waals surface area contributed by atoms with Crippen molar-refractivity contribution in [2.24, 2.45) is 0 Å². The predicted molar refractivity (Wildman–Crippen MR) is 92.3 cm³/mol. The highest BCUT2D eigenvalue weighted by atomic mass is 32.2. The van der Waals surface area contributed by atoms with Crippen molar-refractivity contribution in [1.29, 1.82) is 0 Å². The second kappa shape index (κ2) is 7.04. The number of thiazole rings is 1. The standard InChI is InChI=1S/C14H23N5O3S2/c1-12-13(23-11-15-12)14(20)17-5-9-19(10-6-17)24(21,22)18-7-3-16(2)4-8-18/h11H,3-10H2,1-2H3. The number of carbonyl (C=O) groups is 1. The van der Waals surface area contributed by atoms with E-state index in [9.17, 15) is 13.2 Å². The summed E-state index contributed by atoms with van der Waals surface area (Å²) in [5.41, 5.74) is 2.40. The van der Waals surface area contributed by atoms with E-state index in [1.807, 2.05) is 14.0 Å². The minimum absolute atomic E-state index is 0.0494. The molecule has 3 heterocycles. The van der Waals surface area contributed by atoms with Crippen molar-refractivity contribution in [1.82, 2.24) is 23.4 Å². The van der Waals surface area contributed by atoms with Gasteiger partial charge in [-0.3, -0.25) is 4.79 Å². The third kappa shape index (κ3) is 3.47. The molecular formula is C14H23N5O3S2. The van der Waals surface area contributed by atoms with E-state index in [1.165, 1.54) is 15.6 Å². The van der Waals surface area contributed by atoms with Gasteiger partial charge in [0.25, 0.3) is 16.1 Å². The van der Waals surface area contributed by atoms with E-state index < -0.39 is 10.2 Å². The van der Waals surface area contributed by atoms with Crippen LogP contribution in [0.5, 0.6) is 0 Å². The van der Waals surface area contributed by atoms with Gasteiger partial charge in [0.15, 0.2) is 0 Å². The van der Waals surface area contributed by atoms with Gasteiger partial charge in [-0.25, -0.2) is 4.98 Å². The third-order valence-corrected chi connectivity index (χ3v) is 7.53. The van der Waals surface area contributed by atoms with Crippen LogP contribution in [0.4, 0.5) is 0 Å². The van der Waals surface area contributed by atoms with Crippen LogP contribution in [-0.2, 0) is 10.2 Å². The molecule has 134 valence electrons. The van der Waals surface area contributed by atoms with Gasteiger partial charge in [-0.2, -0.15) is 17.0 Å². The zero-order valence-electron chi connectivity index (χ0n) is 14.0. The van der Waals surface area contributed by atoms with Crippen LogP contribution in [0.1, 0.15) is 15.4 Å². The summed E-state index contributed by atoms with van der Waals surface area (Å²) < 4.78 is 28.5. The fourth-order valence-electron chi connectivity index (χ4n) is 2.95. The monoisotopic (exact) mass is 373 g/mol. The van der Waals surface area contributed by atoms with Crippen LogP contribution < -0.4 is 0 Å². The first kappa shape index (κ1) is 17.7. The molecule has 2 aliphatic rings. The minimum atomic E-state index is -3.43. The Morgan fingerprint density at radius 2 is 1.58 bits per heavy atom. The van der Waals surface area contributed by atoms with E-state index in [1.54, 1.807) is 14.7 Å². The number of rotatable bonds is 3. The highest BCUT2D eigenvalue weighted by Crippen LogP contribution is 2.19. The molecule has 1 aromatic rings. The van der Waals surface area contributed by atoms with E-state index >= 15 is 0 Å². The van der Waals surface area contributed by atoms with Crippen LogP contribution in [0.3, 0.4) is 0 Å². The third-order valence-electron chi connectivity index (χ3n) is 4.58. The maximum Gasteiger partial charge on any atom is 0.282 e. The van der Waals surface area contributed by atoms with E-state index in [0.717, 1.165) is 18.8 Å². The Balaban J connectivity index is 1.60. The molecule has 0 aliphatic carbocycles. The molecule has 0 spiro atoms. The molecule has 10 heteroatoms. The number of piperazine rings is 2. The van der Waals surface area contributed by atoms with Crippen LogP contribution in [-0.4, -0.2) is 97.1 Å². The van der Waals surface area contributed by atoms with E-state index in [0.29, 0.717) is 44.1 Å². The normalized spacial score (nSPS) is 22.0. The van der Waals surface area contributed by atoms with Crippen LogP contribution in [0.2, 0.25) is 0 Å². The average Bonchev–Trinajstić information content (AvgIpc) is 3.01. The van der Waals surface area contributed by atoms with E-state index in [-0.39, 0.29) is 5.91 Å². The largest absolute Gasteiger partial charge is 0.335 e. The van der Waals surface area contributed by atoms with Crippen molar-refractivity contribution in [2.75, 3.05) is 59.4 Å². The molecule has 0 N–H and O–H groups in total. The van der Waals surface area contributed by atoms with Gasteiger partial charge in [0.2, 0.25) is 0 Å². The first-order valence-electron chi connectivity index (χ1n) is 8.02. The zero-order chi connectivity index (χ0) is 17.3. The lowest BCUT2D eigenvalue weighted by molar-refractivity contribution is 0.0696. The predicted octanol–water partition coefficient (Wildman–Crippen LogP) is -0.298. The van der Waals surface area contributed by atoms with E-state index in [4.69, 9.17) is 0 Å². The fourth-order valence-corrected chi connectivity index (χ4v) is 5.30. The zero-order valence-corrected chi connectivity index (χ0v) is 15.6. The maximum atomic E-state index is 12.7. The lowest BCUT2D eigenvalue weighted by Crippen LogP contribution is -2.57. The van der Waals surface area contributed by atoms with Crippen molar-refractivity contribution in [3.63, 3.8) is 0 Å².